The second-order valence-corrected chi connectivity index (χ2v) is 10.4. The van der Waals surface area contributed by atoms with E-state index in [0.717, 1.165) is 0 Å². The van der Waals surface area contributed by atoms with E-state index in [9.17, 15) is 0 Å². The first-order valence-electron chi connectivity index (χ1n) is 5.82. The molecule has 0 fully saturated rings. The summed E-state index contributed by atoms with van der Waals surface area (Å²) in [5.74, 6) is 0. The molecule has 16 heavy (non-hydrogen) atoms. The first-order valence-corrected chi connectivity index (χ1v) is 10.4. The predicted octanol–water partition coefficient (Wildman–Crippen LogP) is 4.33. The van der Waals surface area contributed by atoms with E-state index in [4.69, 9.17) is 0 Å². The summed E-state index contributed by atoms with van der Waals surface area (Å²) >= 11 is 4.06. The fourth-order valence-corrected chi connectivity index (χ4v) is 7.88. The van der Waals surface area contributed by atoms with Crippen LogP contribution in [-0.4, -0.2) is 14.0 Å². The molecule has 0 bridgehead atoms. The molecule has 1 aliphatic carbocycles. The summed E-state index contributed by atoms with van der Waals surface area (Å²) < 4.78 is 0. The van der Waals surface area contributed by atoms with Gasteiger partial charge in [-0.1, -0.05) is 19.2 Å². The van der Waals surface area contributed by atoms with Gasteiger partial charge in [-0.25, -0.2) is 0 Å². The smallest absolute Gasteiger partial charge is 0.0681 e. The zero-order valence-corrected chi connectivity index (χ0v) is 12.9. The van der Waals surface area contributed by atoms with Crippen molar-refractivity contribution in [3.05, 3.63) is 32.4 Å². The molecule has 0 saturated carbocycles. The van der Waals surface area contributed by atoms with Gasteiger partial charge in [-0.3, -0.25) is 0 Å². The van der Waals surface area contributed by atoms with Gasteiger partial charge in [0.25, 0.3) is 0 Å². The Bertz CT molecular complexity index is 520. The normalized spacial score (nSPS) is 22.8. The second kappa shape index (κ2) is 3.62. The molecule has 2 heterocycles. The van der Waals surface area contributed by atoms with E-state index < -0.39 is 8.80 Å². The Morgan fingerprint density at radius 2 is 2.06 bits per heavy atom. The molecular formula is C13H16S2Si. The van der Waals surface area contributed by atoms with Gasteiger partial charge in [0.05, 0.1) is 8.80 Å². The number of aryl methyl sites for hydroxylation is 1. The van der Waals surface area contributed by atoms with Crippen LogP contribution in [0.5, 0.6) is 0 Å². The van der Waals surface area contributed by atoms with E-state index in [1.807, 2.05) is 11.3 Å². The number of fused-ring (bicyclic) bond motifs is 3. The summed E-state index contributed by atoms with van der Waals surface area (Å²) in [5.41, 5.74) is 3.08. The Labute approximate surface area is 107 Å². The highest BCUT2D eigenvalue weighted by Gasteiger charge is 2.34. The van der Waals surface area contributed by atoms with E-state index in [-0.39, 0.29) is 0 Å². The summed E-state index contributed by atoms with van der Waals surface area (Å²) in [6, 6.07) is 2.38. The molecule has 1 aromatic rings. The van der Waals surface area contributed by atoms with Crippen molar-refractivity contribution in [3.63, 3.8) is 0 Å². The third kappa shape index (κ3) is 1.41. The lowest BCUT2D eigenvalue weighted by Gasteiger charge is -2.08. The van der Waals surface area contributed by atoms with Crippen LogP contribution in [0.15, 0.2) is 17.0 Å². The molecule has 1 unspecified atom stereocenters. The second-order valence-electron chi connectivity index (χ2n) is 4.90. The third-order valence-electron chi connectivity index (χ3n) is 3.16. The lowest BCUT2D eigenvalue weighted by Crippen LogP contribution is -2.03. The highest BCUT2D eigenvalue weighted by molar-refractivity contribution is 8.05. The van der Waals surface area contributed by atoms with Crippen LogP contribution >= 0.6 is 23.1 Å². The largest absolute Gasteiger partial charge is 0.141 e. The van der Waals surface area contributed by atoms with E-state index >= 15 is 0 Å². The molecule has 0 aromatic carbocycles. The van der Waals surface area contributed by atoms with Crippen LogP contribution in [0.25, 0.3) is 10.8 Å². The molecule has 0 nitrogen and oxygen atoms in total. The van der Waals surface area contributed by atoms with Crippen LogP contribution in [0.2, 0.25) is 13.1 Å². The van der Waals surface area contributed by atoms with Crippen molar-refractivity contribution in [2.75, 3.05) is 0 Å². The third-order valence-corrected chi connectivity index (χ3v) is 7.58. The Kier molecular flexibility index (Phi) is 2.46. The number of allylic oxidation sites excluding steroid dienone is 1. The zero-order chi connectivity index (χ0) is 11.4. The molecule has 0 saturated heterocycles. The van der Waals surface area contributed by atoms with Crippen LogP contribution in [0.4, 0.5) is 0 Å². The summed E-state index contributed by atoms with van der Waals surface area (Å²) in [6.07, 6.45) is 2.45. The Morgan fingerprint density at radius 3 is 2.75 bits per heavy atom. The van der Waals surface area contributed by atoms with Crippen molar-refractivity contribution in [1.82, 2.24) is 0 Å². The number of hydrogen-bond donors (Lipinski definition) is 0. The van der Waals surface area contributed by atoms with Gasteiger partial charge < -0.3 is 0 Å². The molecule has 1 aliphatic heterocycles. The first-order chi connectivity index (χ1) is 7.58. The fourth-order valence-electron chi connectivity index (χ4n) is 2.56. The Balaban J connectivity index is 2.25. The molecule has 0 N–H and O–H groups in total. The molecule has 3 heteroatoms. The maximum atomic E-state index is 2.45. The number of thiophene rings is 1. The number of hydrogen-bond acceptors (Lipinski definition) is 2. The Hall–Kier alpha value is -0.253. The molecule has 3 rings (SSSR count). The zero-order valence-electron chi connectivity index (χ0n) is 10.1. The molecule has 1 atom stereocenters. The maximum absolute atomic E-state index is 2.45. The van der Waals surface area contributed by atoms with E-state index in [1.54, 1.807) is 20.6 Å². The highest BCUT2D eigenvalue weighted by atomic mass is 32.2. The summed E-state index contributed by atoms with van der Waals surface area (Å²) in [5, 5.41) is 2.40. The minimum absolute atomic E-state index is 0.668. The monoisotopic (exact) mass is 264 g/mol. The van der Waals surface area contributed by atoms with Crippen molar-refractivity contribution in [3.8, 4) is 0 Å². The standard InChI is InChI=1S/C13H16S2Si/c1-7-5-9-10-6-8(2)15-12(10)13(16(3)4)11(9)14-7/h5-7,16H,1-4H3. The summed E-state index contributed by atoms with van der Waals surface area (Å²) in [6.45, 7) is 9.44. The lowest BCUT2D eigenvalue weighted by molar-refractivity contribution is 1.27. The highest BCUT2D eigenvalue weighted by Crippen LogP contribution is 2.55. The number of rotatable bonds is 1. The molecule has 84 valence electrons. The minimum Gasteiger partial charge on any atom is -0.141 e. The molecule has 0 amide bonds. The van der Waals surface area contributed by atoms with Gasteiger partial charge in [-0.05, 0) is 30.7 Å². The summed E-state index contributed by atoms with van der Waals surface area (Å²) in [4.78, 5) is 4.68. The van der Waals surface area contributed by atoms with Crippen molar-refractivity contribution >= 4 is 42.7 Å². The molecular weight excluding hydrogens is 248 g/mol. The van der Waals surface area contributed by atoms with Gasteiger partial charge in [0.1, 0.15) is 0 Å². The SMILES string of the molecule is Cc1cc2c(s1)C([SiH](C)C)=C1SC(C)C=C12. The van der Waals surface area contributed by atoms with Crippen LogP contribution in [0, 0.1) is 6.92 Å². The van der Waals surface area contributed by atoms with Crippen molar-refractivity contribution in [2.45, 2.75) is 32.2 Å². The molecule has 0 radical (unpaired) electrons. The van der Waals surface area contributed by atoms with Crippen LogP contribution in [0.3, 0.4) is 0 Å². The van der Waals surface area contributed by atoms with Crippen LogP contribution < -0.4 is 0 Å². The topological polar surface area (TPSA) is 0 Å². The van der Waals surface area contributed by atoms with Gasteiger partial charge in [0.15, 0.2) is 0 Å². The van der Waals surface area contributed by atoms with Crippen LogP contribution in [-0.2, 0) is 0 Å². The molecule has 1 aromatic heterocycles. The van der Waals surface area contributed by atoms with Gasteiger partial charge in [0, 0.05) is 25.5 Å². The fraction of sp³-hybridized carbons (Fsp3) is 0.385. The maximum Gasteiger partial charge on any atom is 0.0681 e. The minimum atomic E-state index is -0.720. The van der Waals surface area contributed by atoms with E-state index in [1.165, 1.54) is 10.4 Å². The van der Waals surface area contributed by atoms with Crippen molar-refractivity contribution in [1.29, 1.82) is 0 Å². The summed E-state index contributed by atoms with van der Waals surface area (Å²) in [7, 11) is -0.720. The average Bonchev–Trinajstić information content (AvgIpc) is 2.75. The van der Waals surface area contributed by atoms with E-state index in [0.29, 0.717) is 5.25 Å². The average molecular weight is 264 g/mol. The quantitative estimate of drug-likeness (QED) is 0.681. The lowest BCUT2D eigenvalue weighted by atomic mass is 10.1. The Morgan fingerprint density at radius 1 is 1.31 bits per heavy atom. The van der Waals surface area contributed by atoms with Crippen molar-refractivity contribution in [2.24, 2.45) is 0 Å². The predicted molar refractivity (Wildman–Crippen MR) is 79.9 cm³/mol. The first kappa shape index (κ1) is 10.9. The van der Waals surface area contributed by atoms with Gasteiger partial charge >= 0.3 is 0 Å². The van der Waals surface area contributed by atoms with E-state index in [2.05, 4.69) is 50.8 Å². The van der Waals surface area contributed by atoms with Gasteiger partial charge in [0.2, 0.25) is 0 Å². The van der Waals surface area contributed by atoms with Gasteiger partial charge in [-0.15, -0.1) is 23.1 Å². The van der Waals surface area contributed by atoms with Crippen molar-refractivity contribution < 1.29 is 0 Å². The molecule has 2 aliphatic rings. The molecule has 0 spiro atoms. The van der Waals surface area contributed by atoms with Gasteiger partial charge in [-0.2, -0.15) is 0 Å². The number of thioether (sulfide) groups is 1. The van der Waals surface area contributed by atoms with Crippen LogP contribution in [0.1, 0.15) is 22.2 Å².